The number of hydrogen-bond donors (Lipinski definition) is 1. The first-order chi connectivity index (χ1) is 13.6. The summed E-state index contributed by atoms with van der Waals surface area (Å²) in [5, 5.41) is 3.53. The van der Waals surface area contributed by atoms with Crippen molar-refractivity contribution in [3.8, 4) is 0 Å². The summed E-state index contributed by atoms with van der Waals surface area (Å²) in [6, 6.07) is 16.7. The SMILES string of the molecule is O=C(NCCCN(C(=O)C1CCCCC1)c1ccccc1)c1ccc(Cl)cc1. The molecule has 0 aromatic heterocycles. The summed E-state index contributed by atoms with van der Waals surface area (Å²) >= 11 is 5.86. The van der Waals surface area contributed by atoms with Crippen LogP contribution in [-0.2, 0) is 4.79 Å². The Morgan fingerprint density at radius 1 is 0.964 bits per heavy atom. The second-order valence-corrected chi connectivity index (χ2v) is 7.71. The third kappa shape index (κ3) is 5.59. The van der Waals surface area contributed by atoms with Crippen LogP contribution in [0, 0.1) is 5.92 Å². The average molecular weight is 399 g/mol. The second kappa shape index (κ2) is 10.3. The average Bonchev–Trinajstić information content (AvgIpc) is 2.75. The van der Waals surface area contributed by atoms with E-state index in [-0.39, 0.29) is 17.7 Å². The number of para-hydroxylation sites is 1. The second-order valence-electron chi connectivity index (χ2n) is 7.28. The number of carbonyl (C=O) groups excluding carboxylic acids is 2. The molecule has 0 aliphatic heterocycles. The van der Waals surface area contributed by atoms with Gasteiger partial charge in [-0.15, -0.1) is 0 Å². The van der Waals surface area contributed by atoms with Gasteiger partial charge < -0.3 is 10.2 Å². The number of benzene rings is 2. The van der Waals surface area contributed by atoms with Gasteiger partial charge in [0.15, 0.2) is 0 Å². The molecule has 0 unspecified atom stereocenters. The Kier molecular flexibility index (Phi) is 7.49. The van der Waals surface area contributed by atoms with E-state index in [0.29, 0.717) is 30.1 Å². The van der Waals surface area contributed by atoms with Gasteiger partial charge >= 0.3 is 0 Å². The number of hydrogen-bond acceptors (Lipinski definition) is 2. The quantitative estimate of drug-likeness (QED) is 0.661. The lowest BCUT2D eigenvalue weighted by Crippen LogP contribution is -2.39. The first-order valence-corrected chi connectivity index (χ1v) is 10.4. The predicted molar refractivity (Wildman–Crippen MR) is 114 cm³/mol. The van der Waals surface area contributed by atoms with Crippen molar-refractivity contribution in [1.29, 1.82) is 0 Å². The molecule has 1 saturated carbocycles. The highest BCUT2D eigenvalue weighted by Crippen LogP contribution is 2.27. The number of anilines is 1. The Morgan fingerprint density at radius 2 is 1.64 bits per heavy atom. The molecular weight excluding hydrogens is 372 g/mol. The van der Waals surface area contributed by atoms with E-state index < -0.39 is 0 Å². The van der Waals surface area contributed by atoms with Gasteiger partial charge in [-0.3, -0.25) is 9.59 Å². The minimum Gasteiger partial charge on any atom is -0.352 e. The fourth-order valence-corrected chi connectivity index (χ4v) is 3.81. The van der Waals surface area contributed by atoms with E-state index in [9.17, 15) is 9.59 Å². The normalized spacial score (nSPS) is 14.5. The monoisotopic (exact) mass is 398 g/mol. The summed E-state index contributed by atoms with van der Waals surface area (Å²) < 4.78 is 0. The molecule has 2 amide bonds. The Balaban J connectivity index is 1.56. The van der Waals surface area contributed by atoms with Crippen molar-refractivity contribution in [2.45, 2.75) is 38.5 Å². The third-order valence-corrected chi connectivity index (χ3v) is 5.49. The first-order valence-electron chi connectivity index (χ1n) is 10.1. The van der Waals surface area contributed by atoms with Crippen LogP contribution in [0.2, 0.25) is 5.02 Å². The largest absolute Gasteiger partial charge is 0.352 e. The lowest BCUT2D eigenvalue weighted by Gasteiger charge is -2.29. The summed E-state index contributed by atoms with van der Waals surface area (Å²) in [7, 11) is 0. The van der Waals surface area contributed by atoms with E-state index in [2.05, 4.69) is 5.32 Å². The van der Waals surface area contributed by atoms with E-state index in [1.54, 1.807) is 24.3 Å². The van der Waals surface area contributed by atoms with E-state index >= 15 is 0 Å². The molecule has 2 aromatic carbocycles. The Hall–Kier alpha value is -2.33. The highest BCUT2D eigenvalue weighted by molar-refractivity contribution is 6.30. The van der Waals surface area contributed by atoms with Crippen molar-refractivity contribution >= 4 is 29.1 Å². The zero-order chi connectivity index (χ0) is 19.8. The van der Waals surface area contributed by atoms with Crippen LogP contribution in [0.3, 0.4) is 0 Å². The van der Waals surface area contributed by atoms with Crippen molar-refractivity contribution in [1.82, 2.24) is 5.32 Å². The van der Waals surface area contributed by atoms with Crippen molar-refractivity contribution in [3.63, 3.8) is 0 Å². The Bertz CT molecular complexity index is 771. The highest BCUT2D eigenvalue weighted by atomic mass is 35.5. The predicted octanol–water partition coefficient (Wildman–Crippen LogP) is 5.07. The lowest BCUT2D eigenvalue weighted by molar-refractivity contribution is -0.123. The molecule has 0 bridgehead atoms. The maximum absolute atomic E-state index is 13.1. The lowest BCUT2D eigenvalue weighted by atomic mass is 9.88. The molecule has 1 N–H and O–H groups in total. The van der Waals surface area contributed by atoms with Crippen LogP contribution < -0.4 is 10.2 Å². The van der Waals surface area contributed by atoms with Gasteiger partial charge in [-0.05, 0) is 55.7 Å². The van der Waals surface area contributed by atoms with Gasteiger partial charge in [0, 0.05) is 35.3 Å². The summed E-state index contributed by atoms with van der Waals surface area (Å²) in [4.78, 5) is 27.2. The molecule has 3 rings (SSSR count). The molecule has 148 valence electrons. The van der Waals surface area contributed by atoms with Crippen LogP contribution in [0.25, 0.3) is 0 Å². The maximum Gasteiger partial charge on any atom is 0.251 e. The molecule has 1 aliphatic carbocycles. The number of halogens is 1. The van der Waals surface area contributed by atoms with Gasteiger partial charge in [0.2, 0.25) is 5.91 Å². The van der Waals surface area contributed by atoms with Crippen LogP contribution in [0.1, 0.15) is 48.9 Å². The zero-order valence-corrected chi connectivity index (χ0v) is 16.8. The molecular formula is C23H27ClN2O2. The van der Waals surface area contributed by atoms with E-state index in [4.69, 9.17) is 11.6 Å². The molecule has 0 heterocycles. The molecule has 1 fully saturated rings. The van der Waals surface area contributed by atoms with Crippen LogP contribution in [0.5, 0.6) is 0 Å². The van der Waals surface area contributed by atoms with Crippen LogP contribution >= 0.6 is 11.6 Å². The molecule has 28 heavy (non-hydrogen) atoms. The number of rotatable bonds is 7. The standard InChI is InChI=1S/C23H27ClN2O2/c24-20-14-12-18(13-15-20)22(27)25-16-7-17-26(21-10-5-2-6-11-21)23(28)19-8-3-1-4-9-19/h2,5-6,10-15,19H,1,3-4,7-9,16-17H2,(H,25,27). The first kappa shape index (κ1) is 20.4. The van der Waals surface area contributed by atoms with Crippen LogP contribution in [0.15, 0.2) is 54.6 Å². The number of amides is 2. The van der Waals surface area contributed by atoms with Crippen molar-refractivity contribution in [2.75, 3.05) is 18.0 Å². The van der Waals surface area contributed by atoms with E-state index in [1.807, 2.05) is 35.2 Å². The topological polar surface area (TPSA) is 49.4 Å². The Labute approximate surface area is 171 Å². The van der Waals surface area contributed by atoms with Crippen molar-refractivity contribution in [3.05, 3.63) is 65.2 Å². The van der Waals surface area contributed by atoms with Gasteiger partial charge in [0.1, 0.15) is 0 Å². The molecule has 0 spiro atoms. The molecule has 0 radical (unpaired) electrons. The zero-order valence-electron chi connectivity index (χ0n) is 16.1. The van der Waals surface area contributed by atoms with Gasteiger partial charge in [-0.1, -0.05) is 49.1 Å². The fraction of sp³-hybridized carbons (Fsp3) is 0.391. The summed E-state index contributed by atoms with van der Waals surface area (Å²) in [6.45, 7) is 1.11. The van der Waals surface area contributed by atoms with Gasteiger partial charge in [-0.25, -0.2) is 0 Å². The van der Waals surface area contributed by atoms with Crippen molar-refractivity contribution in [2.24, 2.45) is 5.92 Å². The van der Waals surface area contributed by atoms with E-state index in [0.717, 1.165) is 31.4 Å². The summed E-state index contributed by atoms with van der Waals surface area (Å²) in [5.41, 5.74) is 1.52. The van der Waals surface area contributed by atoms with Gasteiger partial charge in [-0.2, -0.15) is 0 Å². The van der Waals surface area contributed by atoms with Crippen LogP contribution in [-0.4, -0.2) is 24.9 Å². The number of carbonyl (C=O) groups is 2. The van der Waals surface area contributed by atoms with Crippen molar-refractivity contribution < 1.29 is 9.59 Å². The van der Waals surface area contributed by atoms with Gasteiger partial charge in [0.05, 0.1) is 0 Å². The molecule has 5 heteroatoms. The molecule has 2 aromatic rings. The minimum absolute atomic E-state index is 0.123. The molecule has 4 nitrogen and oxygen atoms in total. The molecule has 0 atom stereocenters. The summed E-state index contributed by atoms with van der Waals surface area (Å²) in [6.07, 6.45) is 6.16. The number of nitrogens with zero attached hydrogens (tertiary/aromatic N) is 1. The fourth-order valence-electron chi connectivity index (χ4n) is 3.69. The smallest absolute Gasteiger partial charge is 0.251 e. The molecule has 0 saturated heterocycles. The molecule has 1 aliphatic rings. The van der Waals surface area contributed by atoms with E-state index in [1.165, 1.54) is 6.42 Å². The highest BCUT2D eigenvalue weighted by Gasteiger charge is 2.26. The minimum atomic E-state index is -0.124. The van der Waals surface area contributed by atoms with Crippen LogP contribution in [0.4, 0.5) is 5.69 Å². The maximum atomic E-state index is 13.1. The third-order valence-electron chi connectivity index (χ3n) is 5.24. The number of nitrogens with one attached hydrogen (secondary N) is 1. The summed E-state index contributed by atoms with van der Waals surface area (Å²) in [5.74, 6) is 0.217. The Morgan fingerprint density at radius 3 is 2.32 bits per heavy atom. The van der Waals surface area contributed by atoms with Gasteiger partial charge in [0.25, 0.3) is 5.91 Å².